The SMILES string of the molecule is O=C1CCC(C=NNc2ccccc2)=C(Cl)N1c1ccccc1. The van der Waals surface area contributed by atoms with Gasteiger partial charge in [-0.25, -0.2) is 0 Å². The number of nitrogens with one attached hydrogen (secondary N) is 1. The Morgan fingerprint density at radius 2 is 1.65 bits per heavy atom. The van der Waals surface area contributed by atoms with Gasteiger partial charge in [0.25, 0.3) is 0 Å². The topological polar surface area (TPSA) is 44.7 Å². The van der Waals surface area contributed by atoms with Crippen molar-refractivity contribution in [2.24, 2.45) is 5.10 Å². The maximum absolute atomic E-state index is 12.2. The number of hydrazone groups is 1. The number of carbonyl (C=O) groups excluding carboxylic acids is 1. The van der Waals surface area contributed by atoms with Crippen molar-refractivity contribution in [2.75, 3.05) is 10.3 Å². The zero-order valence-electron chi connectivity index (χ0n) is 12.4. The van der Waals surface area contributed by atoms with Crippen LogP contribution in [0, 0.1) is 0 Å². The summed E-state index contributed by atoms with van der Waals surface area (Å²) in [6.45, 7) is 0. The molecule has 1 heterocycles. The van der Waals surface area contributed by atoms with Crippen molar-refractivity contribution < 1.29 is 4.79 Å². The van der Waals surface area contributed by atoms with Crippen molar-refractivity contribution in [3.8, 4) is 0 Å². The molecule has 0 aromatic heterocycles. The predicted molar refractivity (Wildman–Crippen MR) is 94.6 cm³/mol. The fourth-order valence-corrected chi connectivity index (χ4v) is 2.69. The van der Waals surface area contributed by atoms with E-state index in [1.165, 1.54) is 4.90 Å². The number of nitrogens with zero attached hydrogens (tertiary/aromatic N) is 2. The van der Waals surface area contributed by atoms with Crippen molar-refractivity contribution in [3.63, 3.8) is 0 Å². The molecular weight excluding hydrogens is 310 g/mol. The van der Waals surface area contributed by atoms with Crippen LogP contribution in [0.4, 0.5) is 11.4 Å². The van der Waals surface area contributed by atoms with Gasteiger partial charge in [-0.05, 0) is 30.7 Å². The molecule has 1 aliphatic heterocycles. The van der Waals surface area contributed by atoms with E-state index in [4.69, 9.17) is 11.6 Å². The molecular formula is C18H16ClN3O. The Balaban J connectivity index is 1.80. The summed E-state index contributed by atoms with van der Waals surface area (Å²) in [7, 11) is 0. The van der Waals surface area contributed by atoms with Crippen LogP contribution in [0.25, 0.3) is 0 Å². The van der Waals surface area contributed by atoms with Crippen LogP contribution in [0.1, 0.15) is 12.8 Å². The number of amides is 1. The number of halogens is 1. The lowest BCUT2D eigenvalue weighted by molar-refractivity contribution is -0.118. The zero-order valence-corrected chi connectivity index (χ0v) is 13.2. The summed E-state index contributed by atoms with van der Waals surface area (Å²) in [5.74, 6) is -0.00521. The number of benzene rings is 2. The Labute approximate surface area is 140 Å². The van der Waals surface area contributed by atoms with E-state index in [9.17, 15) is 4.79 Å². The van der Waals surface area contributed by atoms with Gasteiger partial charge < -0.3 is 0 Å². The fraction of sp³-hybridized carbons (Fsp3) is 0.111. The van der Waals surface area contributed by atoms with Crippen molar-refractivity contribution in [3.05, 3.63) is 71.4 Å². The van der Waals surface area contributed by atoms with Crippen LogP contribution in [-0.2, 0) is 4.79 Å². The van der Waals surface area contributed by atoms with E-state index in [0.717, 1.165) is 16.9 Å². The van der Waals surface area contributed by atoms with Crippen LogP contribution in [0.2, 0.25) is 0 Å². The van der Waals surface area contributed by atoms with Crippen LogP contribution >= 0.6 is 11.6 Å². The van der Waals surface area contributed by atoms with Gasteiger partial charge in [0.15, 0.2) is 0 Å². The third-order valence-electron chi connectivity index (χ3n) is 3.52. The van der Waals surface area contributed by atoms with E-state index in [0.29, 0.717) is 18.0 Å². The highest BCUT2D eigenvalue weighted by molar-refractivity contribution is 6.35. The molecule has 4 nitrogen and oxygen atoms in total. The maximum Gasteiger partial charge on any atom is 0.232 e. The van der Waals surface area contributed by atoms with Gasteiger partial charge in [0.1, 0.15) is 5.16 Å². The van der Waals surface area contributed by atoms with Crippen molar-refractivity contribution in [2.45, 2.75) is 12.8 Å². The Kier molecular flexibility index (Phi) is 4.74. The second kappa shape index (κ2) is 7.11. The van der Waals surface area contributed by atoms with Crippen molar-refractivity contribution in [1.29, 1.82) is 0 Å². The molecule has 0 atom stereocenters. The van der Waals surface area contributed by atoms with Crippen LogP contribution in [0.3, 0.4) is 0 Å². The summed E-state index contributed by atoms with van der Waals surface area (Å²) in [4.78, 5) is 13.7. The van der Waals surface area contributed by atoms with E-state index in [1.54, 1.807) is 6.21 Å². The van der Waals surface area contributed by atoms with Gasteiger partial charge >= 0.3 is 0 Å². The Bertz CT molecular complexity index is 741. The summed E-state index contributed by atoms with van der Waals surface area (Å²) in [5, 5.41) is 4.62. The number of carbonyl (C=O) groups is 1. The van der Waals surface area contributed by atoms with Gasteiger partial charge in [0, 0.05) is 17.7 Å². The second-order valence-electron chi connectivity index (χ2n) is 5.12. The summed E-state index contributed by atoms with van der Waals surface area (Å²) in [6, 6.07) is 19.0. The van der Waals surface area contributed by atoms with E-state index >= 15 is 0 Å². The first kappa shape index (κ1) is 15.3. The molecule has 0 saturated carbocycles. The predicted octanol–water partition coefficient (Wildman–Crippen LogP) is 4.36. The first-order chi connectivity index (χ1) is 11.3. The lowest BCUT2D eigenvalue weighted by Crippen LogP contribution is -2.32. The van der Waals surface area contributed by atoms with Gasteiger partial charge in [0.2, 0.25) is 5.91 Å². The summed E-state index contributed by atoms with van der Waals surface area (Å²) in [6.07, 6.45) is 2.68. The maximum atomic E-state index is 12.2. The highest BCUT2D eigenvalue weighted by atomic mass is 35.5. The normalized spacial score (nSPS) is 15.3. The number of allylic oxidation sites excluding steroid dienone is 1. The van der Waals surface area contributed by atoms with Gasteiger partial charge in [-0.15, -0.1) is 0 Å². The largest absolute Gasteiger partial charge is 0.279 e. The van der Waals surface area contributed by atoms with Gasteiger partial charge in [0.05, 0.1) is 11.9 Å². The fourth-order valence-electron chi connectivity index (χ4n) is 2.36. The van der Waals surface area contributed by atoms with Crippen LogP contribution < -0.4 is 10.3 Å². The Hall–Kier alpha value is -2.59. The van der Waals surface area contributed by atoms with Gasteiger partial charge in [-0.3, -0.25) is 15.1 Å². The third-order valence-corrected chi connectivity index (χ3v) is 3.93. The second-order valence-corrected chi connectivity index (χ2v) is 5.47. The van der Waals surface area contributed by atoms with Crippen LogP contribution in [0.15, 0.2) is 76.5 Å². The Morgan fingerprint density at radius 3 is 2.35 bits per heavy atom. The molecule has 1 amide bonds. The molecule has 0 radical (unpaired) electrons. The van der Waals surface area contributed by atoms with Gasteiger partial charge in [-0.2, -0.15) is 5.10 Å². The van der Waals surface area contributed by atoms with E-state index < -0.39 is 0 Å². The zero-order chi connectivity index (χ0) is 16.1. The molecule has 0 fully saturated rings. The lowest BCUT2D eigenvalue weighted by atomic mass is 10.1. The Morgan fingerprint density at radius 1 is 1.00 bits per heavy atom. The van der Waals surface area contributed by atoms with E-state index in [1.807, 2.05) is 60.7 Å². The lowest BCUT2D eigenvalue weighted by Gasteiger charge is -2.27. The van der Waals surface area contributed by atoms with Crippen LogP contribution in [-0.4, -0.2) is 12.1 Å². The molecule has 2 aromatic rings. The molecule has 2 aromatic carbocycles. The molecule has 116 valence electrons. The molecule has 1 N–H and O–H groups in total. The minimum Gasteiger partial charge on any atom is -0.279 e. The highest BCUT2D eigenvalue weighted by Gasteiger charge is 2.26. The van der Waals surface area contributed by atoms with Crippen LogP contribution in [0.5, 0.6) is 0 Å². The smallest absolute Gasteiger partial charge is 0.232 e. The summed E-state index contributed by atoms with van der Waals surface area (Å²) < 4.78 is 0. The first-order valence-corrected chi connectivity index (χ1v) is 7.74. The molecule has 3 rings (SSSR count). The molecule has 0 spiro atoms. The van der Waals surface area contributed by atoms with Gasteiger partial charge in [-0.1, -0.05) is 48.0 Å². The summed E-state index contributed by atoms with van der Waals surface area (Å²) >= 11 is 6.43. The van der Waals surface area contributed by atoms with E-state index in [2.05, 4.69) is 10.5 Å². The van der Waals surface area contributed by atoms with E-state index in [-0.39, 0.29) is 5.91 Å². The number of hydrogen-bond donors (Lipinski definition) is 1. The molecule has 0 saturated heterocycles. The monoisotopic (exact) mass is 325 g/mol. The average Bonchev–Trinajstić information content (AvgIpc) is 2.59. The number of rotatable bonds is 4. The third kappa shape index (κ3) is 3.60. The number of hydrogen-bond acceptors (Lipinski definition) is 3. The number of anilines is 2. The molecule has 23 heavy (non-hydrogen) atoms. The standard InChI is InChI=1S/C18H16ClN3O/c19-18-14(13-20-21-15-7-3-1-4-8-15)11-12-17(23)22(18)16-9-5-2-6-10-16/h1-10,13,21H,11-12H2. The molecule has 0 aliphatic carbocycles. The van der Waals surface area contributed by atoms with Crippen molar-refractivity contribution >= 4 is 35.1 Å². The minimum atomic E-state index is -0.00521. The minimum absolute atomic E-state index is 0.00521. The number of para-hydroxylation sites is 2. The average molecular weight is 326 g/mol. The molecule has 1 aliphatic rings. The van der Waals surface area contributed by atoms with Crippen molar-refractivity contribution in [1.82, 2.24) is 0 Å². The summed E-state index contributed by atoms with van der Waals surface area (Å²) in [5.41, 5.74) is 5.45. The first-order valence-electron chi connectivity index (χ1n) is 7.36. The molecule has 5 heteroatoms. The quantitative estimate of drug-likeness (QED) is 0.515. The highest BCUT2D eigenvalue weighted by Crippen LogP contribution is 2.30. The molecule has 0 bridgehead atoms. The molecule has 0 unspecified atom stereocenters.